The normalized spacial score (nSPS) is 13.9. The lowest BCUT2D eigenvalue weighted by Crippen LogP contribution is -2.33. The number of amides is 1. The molecule has 0 aliphatic heterocycles. The highest BCUT2D eigenvalue weighted by Crippen LogP contribution is 2.25. The number of aromatic nitrogens is 5. The van der Waals surface area contributed by atoms with E-state index in [-0.39, 0.29) is 28.5 Å². The molecule has 1 atom stereocenters. The van der Waals surface area contributed by atoms with Crippen LogP contribution in [0.1, 0.15) is 75.4 Å². The topological polar surface area (TPSA) is 103 Å². The van der Waals surface area contributed by atoms with E-state index in [1.54, 1.807) is 39.8 Å². The summed E-state index contributed by atoms with van der Waals surface area (Å²) in [5.41, 5.74) is 1.29. The molecule has 0 aromatic carbocycles. The average Bonchev–Trinajstić information content (AvgIpc) is 3.34. The summed E-state index contributed by atoms with van der Waals surface area (Å²) in [6.07, 6.45) is 6.58. The van der Waals surface area contributed by atoms with Crippen molar-refractivity contribution >= 4 is 23.0 Å². The predicted molar refractivity (Wildman–Crippen MR) is 117 cm³/mol. The molecule has 9 heteroatoms. The lowest BCUT2D eigenvalue weighted by Gasteiger charge is -2.30. The van der Waals surface area contributed by atoms with Gasteiger partial charge < -0.3 is 14.5 Å². The summed E-state index contributed by atoms with van der Waals surface area (Å²) in [6.45, 7) is 12.3. The molecule has 0 fully saturated rings. The molecule has 3 heterocycles. The van der Waals surface area contributed by atoms with Crippen LogP contribution in [0.25, 0.3) is 5.65 Å². The lowest BCUT2D eigenvalue weighted by atomic mass is 9.95. The molecular formula is C22H30N6O3. The molecular weight excluding hydrogens is 396 g/mol. The molecule has 166 valence electrons. The highest BCUT2D eigenvalue weighted by Gasteiger charge is 2.28. The molecule has 0 saturated heterocycles. The number of pyridine rings is 1. The molecule has 0 radical (unpaired) electrons. The van der Waals surface area contributed by atoms with Gasteiger partial charge in [0.05, 0.1) is 23.0 Å². The van der Waals surface area contributed by atoms with Crippen molar-refractivity contribution in [2.45, 2.75) is 65.5 Å². The predicted octanol–water partition coefficient (Wildman–Crippen LogP) is 3.71. The number of hydrogen-bond acceptors (Lipinski definition) is 6. The van der Waals surface area contributed by atoms with Crippen molar-refractivity contribution in [3.63, 3.8) is 0 Å². The molecule has 3 aromatic rings. The van der Waals surface area contributed by atoms with Crippen molar-refractivity contribution < 1.29 is 14.3 Å². The maximum atomic E-state index is 12.7. The zero-order valence-corrected chi connectivity index (χ0v) is 19.0. The fraction of sp³-hybridized carbons (Fsp3) is 0.500. The van der Waals surface area contributed by atoms with E-state index in [0.717, 1.165) is 12.8 Å². The summed E-state index contributed by atoms with van der Waals surface area (Å²) in [4.78, 5) is 28.5. The van der Waals surface area contributed by atoms with Crippen LogP contribution in [-0.2, 0) is 10.3 Å². The molecule has 1 unspecified atom stereocenters. The number of ketones is 1. The van der Waals surface area contributed by atoms with Crippen LogP contribution >= 0.6 is 0 Å². The van der Waals surface area contributed by atoms with E-state index in [2.05, 4.69) is 34.5 Å². The molecule has 9 nitrogen and oxygen atoms in total. The van der Waals surface area contributed by atoms with Gasteiger partial charge in [-0.3, -0.25) is 9.59 Å². The van der Waals surface area contributed by atoms with E-state index in [9.17, 15) is 9.59 Å². The fourth-order valence-corrected chi connectivity index (χ4v) is 3.09. The van der Waals surface area contributed by atoms with Crippen LogP contribution in [0.5, 0.6) is 0 Å². The number of imidazole rings is 1. The number of nitrogens with zero attached hydrogens (tertiary/aromatic N) is 5. The molecule has 3 aromatic heterocycles. The Morgan fingerprint density at radius 2 is 1.84 bits per heavy atom. The maximum absolute atomic E-state index is 12.7. The monoisotopic (exact) mass is 426 g/mol. The highest BCUT2D eigenvalue weighted by molar-refractivity contribution is 6.02. The van der Waals surface area contributed by atoms with Crippen molar-refractivity contribution in [3.8, 4) is 0 Å². The second kappa shape index (κ2) is 8.58. The summed E-state index contributed by atoms with van der Waals surface area (Å²) in [7, 11) is 0. The van der Waals surface area contributed by atoms with Crippen LogP contribution < -0.4 is 5.32 Å². The highest BCUT2D eigenvalue weighted by atomic mass is 16.5. The number of Topliss-reactive ketones (excluding diaryl/α,β-unsaturated/α-hetero) is 1. The van der Waals surface area contributed by atoms with Gasteiger partial charge in [-0.15, -0.1) is 5.10 Å². The van der Waals surface area contributed by atoms with Gasteiger partial charge >= 0.3 is 0 Å². The van der Waals surface area contributed by atoms with Gasteiger partial charge in [-0.2, -0.15) is 0 Å². The summed E-state index contributed by atoms with van der Waals surface area (Å²) in [6, 6.07) is 3.47. The summed E-state index contributed by atoms with van der Waals surface area (Å²) in [5.74, 6) is -0.473. The first-order valence-electron chi connectivity index (χ1n) is 10.4. The molecule has 0 aliphatic carbocycles. The van der Waals surface area contributed by atoms with E-state index >= 15 is 0 Å². The van der Waals surface area contributed by atoms with Gasteiger partial charge in [0.2, 0.25) is 0 Å². The van der Waals surface area contributed by atoms with Crippen LogP contribution in [0.4, 0.5) is 5.69 Å². The quantitative estimate of drug-likeness (QED) is 0.551. The Kier molecular flexibility index (Phi) is 6.26. The van der Waals surface area contributed by atoms with E-state index in [1.165, 1.54) is 6.92 Å². The molecule has 0 spiro atoms. The minimum Gasteiger partial charge on any atom is -0.376 e. The lowest BCUT2D eigenvalue weighted by molar-refractivity contribution is -0.0174. The van der Waals surface area contributed by atoms with Crippen molar-refractivity contribution in [2.75, 3.05) is 11.9 Å². The summed E-state index contributed by atoms with van der Waals surface area (Å²) in [5, 5.41) is 11.1. The Bertz CT molecular complexity index is 1090. The first kappa shape index (κ1) is 22.6. The Morgan fingerprint density at radius 3 is 2.48 bits per heavy atom. The Balaban J connectivity index is 1.71. The van der Waals surface area contributed by atoms with Crippen LogP contribution in [0.3, 0.4) is 0 Å². The smallest absolute Gasteiger partial charge is 0.277 e. The molecule has 31 heavy (non-hydrogen) atoms. The first-order valence-corrected chi connectivity index (χ1v) is 10.4. The number of anilines is 1. The van der Waals surface area contributed by atoms with Crippen LogP contribution in [-0.4, -0.2) is 48.3 Å². The van der Waals surface area contributed by atoms with E-state index in [4.69, 9.17) is 4.74 Å². The minimum atomic E-state index is -0.359. The maximum Gasteiger partial charge on any atom is 0.277 e. The summed E-state index contributed by atoms with van der Waals surface area (Å²) < 4.78 is 9.31. The van der Waals surface area contributed by atoms with E-state index in [1.807, 2.05) is 20.8 Å². The van der Waals surface area contributed by atoms with Crippen molar-refractivity contribution in [3.05, 3.63) is 42.1 Å². The SMILES string of the molecule is CCC(C)(CCOC(C)(C)C)n1cc(C(=O)Nc2ccc3nc(C(C)=O)cn3c2)nn1. The molecule has 0 bridgehead atoms. The van der Waals surface area contributed by atoms with Crippen molar-refractivity contribution in [1.29, 1.82) is 0 Å². The van der Waals surface area contributed by atoms with Crippen molar-refractivity contribution in [2.24, 2.45) is 0 Å². The minimum absolute atomic E-state index is 0.113. The second-order valence-electron chi connectivity index (χ2n) is 8.93. The van der Waals surface area contributed by atoms with Crippen molar-refractivity contribution in [1.82, 2.24) is 24.4 Å². The number of carbonyl (C=O) groups is 2. The largest absolute Gasteiger partial charge is 0.376 e. The number of fused-ring (bicyclic) bond motifs is 1. The molecule has 0 saturated carbocycles. The third kappa shape index (κ3) is 5.35. The fourth-order valence-electron chi connectivity index (χ4n) is 3.09. The number of hydrogen-bond donors (Lipinski definition) is 1. The van der Waals surface area contributed by atoms with Gasteiger partial charge in [0, 0.05) is 25.9 Å². The van der Waals surface area contributed by atoms with Gasteiger partial charge in [-0.05, 0) is 52.7 Å². The van der Waals surface area contributed by atoms with Gasteiger partial charge in [0.15, 0.2) is 11.5 Å². The van der Waals surface area contributed by atoms with Crippen LogP contribution in [0, 0.1) is 0 Å². The third-order valence-corrected chi connectivity index (χ3v) is 5.29. The molecule has 1 N–H and O–H groups in total. The Labute approximate surface area is 181 Å². The Morgan fingerprint density at radius 1 is 1.10 bits per heavy atom. The molecule has 3 rings (SSSR count). The zero-order valence-electron chi connectivity index (χ0n) is 19.0. The number of ether oxygens (including phenoxy) is 1. The first-order chi connectivity index (χ1) is 14.5. The Hall–Kier alpha value is -3.07. The summed E-state index contributed by atoms with van der Waals surface area (Å²) >= 11 is 0. The average molecular weight is 427 g/mol. The second-order valence-corrected chi connectivity index (χ2v) is 8.93. The number of rotatable bonds is 8. The standard InChI is InChI=1S/C22H30N6O3/c1-7-22(6,10-11-31-21(3,4)5)28-14-18(25-26-28)20(30)23-16-8-9-19-24-17(15(2)29)13-27(19)12-16/h8-9,12-14H,7,10-11H2,1-6H3,(H,23,30). The number of carbonyl (C=O) groups excluding carboxylic acids is 2. The third-order valence-electron chi connectivity index (χ3n) is 5.29. The van der Waals surface area contributed by atoms with Crippen LogP contribution in [0.15, 0.2) is 30.7 Å². The van der Waals surface area contributed by atoms with Gasteiger partial charge in [0.25, 0.3) is 5.91 Å². The van der Waals surface area contributed by atoms with E-state index in [0.29, 0.717) is 23.6 Å². The van der Waals surface area contributed by atoms with Crippen LogP contribution in [0.2, 0.25) is 0 Å². The number of nitrogens with one attached hydrogen (secondary N) is 1. The molecule has 1 amide bonds. The van der Waals surface area contributed by atoms with Gasteiger partial charge in [-0.1, -0.05) is 12.1 Å². The van der Waals surface area contributed by atoms with E-state index < -0.39 is 0 Å². The van der Waals surface area contributed by atoms with Gasteiger partial charge in [0.1, 0.15) is 11.3 Å². The van der Waals surface area contributed by atoms with Gasteiger partial charge in [-0.25, -0.2) is 9.67 Å². The molecule has 0 aliphatic rings. The zero-order chi connectivity index (χ0) is 22.8.